The van der Waals surface area contributed by atoms with Gasteiger partial charge in [-0.25, -0.2) is 0 Å². The molecule has 0 atom stereocenters. The van der Waals surface area contributed by atoms with Crippen molar-refractivity contribution in [3.8, 4) is 6.07 Å². The first-order chi connectivity index (χ1) is 10.2. The van der Waals surface area contributed by atoms with Gasteiger partial charge in [0.25, 0.3) is 0 Å². The molecule has 1 fully saturated rings. The zero-order valence-corrected chi connectivity index (χ0v) is 12.5. The highest BCUT2D eigenvalue weighted by Crippen LogP contribution is 2.25. The molecule has 1 aromatic carbocycles. The van der Waals surface area contributed by atoms with Crippen molar-refractivity contribution in [3.05, 3.63) is 29.8 Å². The van der Waals surface area contributed by atoms with Crippen LogP contribution in [-0.2, 0) is 9.53 Å². The van der Waals surface area contributed by atoms with Gasteiger partial charge in [0.15, 0.2) is 0 Å². The number of benzene rings is 1. The van der Waals surface area contributed by atoms with Crippen LogP contribution in [0.25, 0.3) is 0 Å². The van der Waals surface area contributed by atoms with E-state index in [0.29, 0.717) is 30.4 Å². The summed E-state index contributed by atoms with van der Waals surface area (Å²) < 4.78 is 5.77. The van der Waals surface area contributed by atoms with Gasteiger partial charge in [0.2, 0.25) is 5.91 Å². The molecule has 1 aliphatic rings. The van der Waals surface area contributed by atoms with Crippen molar-refractivity contribution in [2.45, 2.75) is 45.1 Å². The Balaban J connectivity index is 1.69. The number of ether oxygens (including phenoxy) is 1. The summed E-state index contributed by atoms with van der Waals surface area (Å²) in [7, 11) is 0. The summed E-state index contributed by atoms with van der Waals surface area (Å²) >= 11 is 0. The van der Waals surface area contributed by atoms with Gasteiger partial charge in [-0.2, -0.15) is 5.26 Å². The number of carbonyl (C=O) groups excluding carboxylic acids is 1. The van der Waals surface area contributed by atoms with E-state index in [2.05, 4.69) is 18.3 Å². The fraction of sp³-hybridized carbons (Fsp3) is 0.529. The number of hydrogen-bond acceptors (Lipinski definition) is 3. The molecule has 0 aliphatic heterocycles. The SMILES string of the molecule is CC1CCC(OCCC(=O)Nc2cccc(C#N)c2)CC1. The molecule has 4 nitrogen and oxygen atoms in total. The average Bonchev–Trinajstić information content (AvgIpc) is 2.49. The van der Waals surface area contributed by atoms with E-state index >= 15 is 0 Å². The van der Waals surface area contributed by atoms with Gasteiger partial charge in [0, 0.05) is 5.69 Å². The fourth-order valence-electron chi connectivity index (χ4n) is 2.60. The Morgan fingerprint density at radius 1 is 1.38 bits per heavy atom. The largest absolute Gasteiger partial charge is 0.378 e. The standard InChI is InChI=1S/C17H22N2O2/c1-13-5-7-16(8-6-13)21-10-9-17(20)19-15-4-2-3-14(11-15)12-18/h2-4,11,13,16H,5-10H2,1H3,(H,19,20). The minimum atomic E-state index is -0.0748. The minimum Gasteiger partial charge on any atom is -0.378 e. The van der Waals surface area contributed by atoms with Gasteiger partial charge < -0.3 is 10.1 Å². The molecule has 2 rings (SSSR count). The summed E-state index contributed by atoms with van der Waals surface area (Å²) in [6.45, 7) is 2.74. The fourth-order valence-corrected chi connectivity index (χ4v) is 2.60. The average molecular weight is 286 g/mol. The molecular formula is C17H22N2O2. The third kappa shape index (κ3) is 5.20. The molecule has 0 radical (unpaired) electrons. The molecule has 1 amide bonds. The van der Waals surface area contributed by atoms with Crippen molar-refractivity contribution in [1.82, 2.24) is 0 Å². The van der Waals surface area contributed by atoms with Crippen LogP contribution in [0.1, 0.15) is 44.6 Å². The number of hydrogen-bond donors (Lipinski definition) is 1. The van der Waals surface area contributed by atoms with Crippen molar-refractivity contribution in [2.24, 2.45) is 5.92 Å². The highest BCUT2D eigenvalue weighted by molar-refractivity contribution is 5.90. The first-order valence-electron chi connectivity index (χ1n) is 7.59. The van der Waals surface area contributed by atoms with Gasteiger partial charge in [-0.3, -0.25) is 4.79 Å². The van der Waals surface area contributed by atoms with Crippen LogP contribution >= 0.6 is 0 Å². The lowest BCUT2D eigenvalue weighted by Gasteiger charge is -2.26. The molecule has 0 aromatic heterocycles. The third-order valence-corrected chi connectivity index (χ3v) is 3.92. The van der Waals surface area contributed by atoms with Gasteiger partial charge >= 0.3 is 0 Å². The number of carbonyl (C=O) groups is 1. The number of nitrogens with one attached hydrogen (secondary N) is 1. The van der Waals surface area contributed by atoms with Crippen molar-refractivity contribution < 1.29 is 9.53 Å². The number of nitriles is 1. The topological polar surface area (TPSA) is 62.1 Å². The van der Waals surface area contributed by atoms with Gasteiger partial charge in [0.1, 0.15) is 0 Å². The van der Waals surface area contributed by atoms with Crippen LogP contribution in [0.3, 0.4) is 0 Å². The molecule has 112 valence electrons. The van der Waals surface area contributed by atoms with Crippen molar-refractivity contribution in [3.63, 3.8) is 0 Å². The zero-order valence-electron chi connectivity index (χ0n) is 12.5. The number of rotatable bonds is 5. The highest BCUT2D eigenvalue weighted by Gasteiger charge is 2.18. The van der Waals surface area contributed by atoms with Crippen molar-refractivity contribution >= 4 is 11.6 Å². The molecule has 1 aliphatic carbocycles. The van der Waals surface area contributed by atoms with E-state index in [9.17, 15) is 4.79 Å². The van der Waals surface area contributed by atoms with Crippen LogP contribution in [-0.4, -0.2) is 18.6 Å². The summed E-state index contributed by atoms with van der Waals surface area (Å²) in [6, 6.07) is 8.97. The molecule has 1 N–H and O–H groups in total. The number of amides is 1. The Bertz CT molecular complexity index is 514. The van der Waals surface area contributed by atoms with E-state index in [1.165, 1.54) is 12.8 Å². The minimum absolute atomic E-state index is 0.0748. The first-order valence-corrected chi connectivity index (χ1v) is 7.59. The smallest absolute Gasteiger partial charge is 0.226 e. The number of nitrogens with zero attached hydrogens (tertiary/aromatic N) is 1. The van der Waals surface area contributed by atoms with Crippen LogP contribution in [0, 0.1) is 17.2 Å². The van der Waals surface area contributed by atoms with Crippen LogP contribution in [0.4, 0.5) is 5.69 Å². The zero-order chi connectivity index (χ0) is 15.1. The van der Waals surface area contributed by atoms with Gasteiger partial charge in [-0.1, -0.05) is 13.0 Å². The highest BCUT2D eigenvalue weighted by atomic mass is 16.5. The predicted molar refractivity (Wildman–Crippen MR) is 81.8 cm³/mol. The monoisotopic (exact) mass is 286 g/mol. The Morgan fingerprint density at radius 2 is 2.14 bits per heavy atom. The maximum atomic E-state index is 11.8. The summed E-state index contributed by atoms with van der Waals surface area (Å²) in [4.78, 5) is 11.8. The molecule has 1 saturated carbocycles. The lowest BCUT2D eigenvalue weighted by Crippen LogP contribution is -2.22. The van der Waals surface area contributed by atoms with Crippen molar-refractivity contribution in [2.75, 3.05) is 11.9 Å². The van der Waals surface area contributed by atoms with Gasteiger partial charge in [-0.05, 0) is 49.8 Å². The maximum absolute atomic E-state index is 11.8. The first kappa shape index (κ1) is 15.5. The van der Waals surface area contributed by atoms with E-state index in [1.54, 1.807) is 24.3 Å². The second-order valence-electron chi connectivity index (χ2n) is 5.74. The summed E-state index contributed by atoms with van der Waals surface area (Å²) in [5, 5.41) is 11.6. The quantitative estimate of drug-likeness (QED) is 0.901. The maximum Gasteiger partial charge on any atom is 0.226 e. The Kier molecular flexibility index (Phi) is 5.77. The molecule has 0 bridgehead atoms. The van der Waals surface area contributed by atoms with E-state index in [1.807, 2.05) is 0 Å². The van der Waals surface area contributed by atoms with E-state index < -0.39 is 0 Å². The molecule has 4 heteroatoms. The molecule has 0 spiro atoms. The predicted octanol–water partition coefficient (Wildman–Crippen LogP) is 3.48. The second kappa shape index (κ2) is 7.80. The van der Waals surface area contributed by atoms with Crippen LogP contribution < -0.4 is 5.32 Å². The summed E-state index contributed by atoms with van der Waals surface area (Å²) in [6.07, 6.45) is 5.31. The Labute approximate surface area is 126 Å². The molecule has 0 heterocycles. The van der Waals surface area contributed by atoms with E-state index in [-0.39, 0.29) is 5.91 Å². The number of anilines is 1. The summed E-state index contributed by atoms with van der Waals surface area (Å²) in [5.41, 5.74) is 1.20. The normalized spacial score (nSPS) is 21.5. The van der Waals surface area contributed by atoms with Crippen LogP contribution in [0.2, 0.25) is 0 Å². The van der Waals surface area contributed by atoms with E-state index in [4.69, 9.17) is 10.00 Å². The van der Waals surface area contributed by atoms with Gasteiger partial charge in [-0.15, -0.1) is 0 Å². The van der Waals surface area contributed by atoms with Crippen molar-refractivity contribution in [1.29, 1.82) is 5.26 Å². The molecule has 1 aromatic rings. The van der Waals surface area contributed by atoms with Gasteiger partial charge in [0.05, 0.1) is 30.8 Å². The second-order valence-corrected chi connectivity index (χ2v) is 5.74. The van der Waals surface area contributed by atoms with Crippen LogP contribution in [0.15, 0.2) is 24.3 Å². The Hall–Kier alpha value is -1.86. The third-order valence-electron chi connectivity index (χ3n) is 3.92. The molecule has 0 saturated heterocycles. The van der Waals surface area contributed by atoms with E-state index in [0.717, 1.165) is 18.8 Å². The van der Waals surface area contributed by atoms with Crippen LogP contribution in [0.5, 0.6) is 0 Å². The Morgan fingerprint density at radius 3 is 2.86 bits per heavy atom. The molecular weight excluding hydrogens is 264 g/mol. The lowest BCUT2D eigenvalue weighted by atomic mass is 9.89. The summed E-state index contributed by atoms with van der Waals surface area (Å²) in [5.74, 6) is 0.731. The molecule has 21 heavy (non-hydrogen) atoms. The molecule has 0 unspecified atom stereocenters. The lowest BCUT2D eigenvalue weighted by molar-refractivity contribution is -0.117.